The summed E-state index contributed by atoms with van der Waals surface area (Å²) >= 11 is 0. The molecule has 1 aromatic carbocycles. The lowest BCUT2D eigenvalue weighted by atomic mass is 10.1. The number of nitrogens with zero attached hydrogens (tertiary/aromatic N) is 4. The average molecular weight is 352 g/mol. The lowest BCUT2D eigenvalue weighted by Crippen LogP contribution is -2.23. The van der Waals surface area contributed by atoms with Gasteiger partial charge in [-0.25, -0.2) is 4.98 Å². The molecule has 0 bridgehead atoms. The molecule has 0 aliphatic carbocycles. The van der Waals surface area contributed by atoms with Gasteiger partial charge in [0.15, 0.2) is 0 Å². The van der Waals surface area contributed by atoms with Crippen LogP contribution >= 0.6 is 0 Å². The molecule has 3 aromatic rings. The molecule has 0 spiro atoms. The fourth-order valence-electron chi connectivity index (χ4n) is 3.23. The van der Waals surface area contributed by atoms with Crippen LogP contribution in [0.2, 0.25) is 0 Å². The second kappa shape index (κ2) is 7.35. The fourth-order valence-corrected chi connectivity index (χ4v) is 3.23. The highest BCUT2D eigenvalue weighted by Crippen LogP contribution is 2.29. The molecule has 1 aliphatic rings. The second-order valence-corrected chi connectivity index (χ2v) is 6.12. The molecule has 4 rings (SSSR count). The highest BCUT2D eigenvalue weighted by atomic mass is 16.3. The molecule has 0 radical (unpaired) electrons. The summed E-state index contributed by atoms with van der Waals surface area (Å²) in [6.45, 7) is 2.64. The first-order valence-corrected chi connectivity index (χ1v) is 8.33. The number of hydrogen-bond donors (Lipinski definition) is 1. The Hall–Kier alpha value is -3.22. The number of hydrogen-bond acceptors (Lipinski definition) is 4. The first kappa shape index (κ1) is 17.6. The van der Waals surface area contributed by atoms with Crippen molar-refractivity contribution in [3.63, 3.8) is 0 Å². The van der Waals surface area contributed by atoms with Crippen molar-refractivity contribution in [3.8, 4) is 11.4 Å². The minimum absolute atomic E-state index is 0.210. The van der Waals surface area contributed by atoms with Crippen LogP contribution in [0, 0.1) is 6.92 Å². The van der Waals surface area contributed by atoms with Gasteiger partial charge >= 0.3 is 0 Å². The molecule has 0 unspecified atom stereocenters. The van der Waals surface area contributed by atoms with Gasteiger partial charge in [0.05, 0.1) is 16.9 Å². The van der Waals surface area contributed by atoms with Gasteiger partial charge in [0.25, 0.3) is 6.47 Å². The van der Waals surface area contributed by atoms with E-state index in [0.717, 1.165) is 46.5 Å². The topological polar surface area (TPSA) is 88.3 Å². The smallest absolute Gasteiger partial charge is 0.290 e. The van der Waals surface area contributed by atoms with E-state index in [1.54, 1.807) is 6.20 Å². The number of amides is 1. The number of carboxylic acid groups (broad SMARTS) is 1. The maximum atomic E-state index is 11.9. The highest BCUT2D eigenvalue weighted by Gasteiger charge is 2.22. The van der Waals surface area contributed by atoms with Crippen LogP contribution in [-0.4, -0.2) is 38.8 Å². The van der Waals surface area contributed by atoms with Crippen molar-refractivity contribution < 1.29 is 14.7 Å². The Morgan fingerprint density at radius 2 is 2.00 bits per heavy atom. The van der Waals surface area contributed by atoms with Crippen molar-refractivity contribution in [1.29, 1.82) is 0 Å². The normalized spacial score (nSPS) is 13.6. The van der Waals surface area contributed by atoms with Crippen molar-refractivity contribution in [3.05, 3.63) is 42.1 Å². The van der Waals surface area contributed by atoms with Crippen LogP contribution in [0.4, 0.5) is 5.69 Å². The first-order valence-electron chi connectivity index (χ1n) is 8.33. The summed E-state index contributed by atoms with van der Waals surface area (Å²) in [5.74, 6) is 0.210. The van der Waals surface area contributed by atoms with E-state index in [9.17, 15) is 4.79 Å². The van der Waals surface area contributed by atoms with Crippen LogP contribution in [0.5, 0.6) is 0 Å². The predicted molar refractivity (Wildman–Crippen MR) is 99.0 cm³/mol. The van der Waals surface area contributed by atoms with Gasteiger partial charge in [0, 0.05) is 37.3 Å². The van der Waals surface area contributed by atoms with Crippen LogP contribution in [0.25, 0.3) is 22.3 Å². The van der Waals surface area contributed by atoms with Crippen molar-refractivity contribution in [1.82, 2.24) is 14.8 Å². The highest BCUT2D eigenvalue weighted by molar-refractivity contribution is 5.98. The summed E-state index contributed by atoms with van der Waals surface area (Å²) in [7, 11) is 1.92. The molecule has 26 heavy (non-hydrogen) atoms. The molecule has 2 aromatic heterocycles. The minimum Gasteiger partial charge on any atom is -0.483 e. The Labute approximate surface area is 150 Å². The Morgan fingerprint density at radius 3 is 2.62 bits per heavy atom. The Bertz CT molecular complexity index is 965. The van der Waals surface area contributed by atoms with E-state index in [4.69, 9.17) is 14.9 Å². The molecular weight excluding hydrogens is 332 g/mol. The SMILES string of the molecule is Cc1cc(-c2ccnn2C)nc2ccc(N3CCCC3=O)cc12.O=CO. The number of aromatic nitrogens is 3. The van der Waals surface area contributed by atoms with Crippen molar-refractivity contribution in [2.24, 2.45) is 7.05 Å². The van der Waals surface area contributed by atoms with E-state index in [0.29, 0.717) is 6.42 Å². The second-order valence-electron chi connectivity index (χ2n) is 6.12. The number of aryl methyl sites for hydroxylation is 2. The molecule has 0 saturated carbocycles. The summed E-state index contributed by atoms with van der Waals surface area (Å²) in [5, 5.41) is 12.2. The molecule has 134 valence electrons. The van der Waals surface area contributed by atoms with Crippen LogP contribution in [0.1, 0.15) is 18.4 Å². The third kappa shape index (κ3) is 3.28. The molecule has 1 aliphatic heterocycles. The standard InChI is InChI=1S/C18H18N4O.CH2O2/c1-12-10-16(17-7-8-19-21(17)2)20-15-6-5-13(11-14(12)15)22-9-3-4-18(22)23;2-1-3/h5-8,10-11H,3-4,9H2,1-2H3;1H,(H,2,3). The van der Waals surface area contributed by atoms with Crippen LogP contribution < -0.4 is 4.90 Å². The lowest BCUT2D eigenvalue weighted by Gasteiger charge is -2.17. The van der Waals surface area contributed by atoms with Crippen LogP contribution in [0.3, 0.4) is 0 Å². The van der Waals surface area contributed by atoms with Crippen molar-refractivity contribution >= 4 is 29.0 Å². The average Bonchev–Trinajstić information content (AvgIpc) is 3.23. The maximum Gasteiger partial charge on any atom is 0.290 e. The first-order chi connectivity index (χ1) is 12.5. The summed E-state index contributed by atoms with van der Waals surface area (Å²) < 4.78 is 1.82. The summed E-state index contributed by atoms with van der Waals surface area (Å²) in [5.41, 5.74) is 4.98. The Balaban J connectivity index is 0.000000613. The van der Waals surface area contributed by atoms with E-state index >= 15 is 0 Å². The molecule has 0 atom stereocenters. The van der Waals surface area contributed by atoms with Gasteiger partial charge in [-0.3, -0.25) is 14.3 Å². The largest absolute Gasteiger partial charge is 0.483 e. The van der Waals surface area contributed by atoms with E-state index < -0.39 is 0 Å². The van der Waals surface area contributed by atoms with Crippen molar-refractivity contribution in [2.75, 3.05) is 11.4 Å². The zero-order valence-corrected chi connectivity index (χ0v) is 14.7. The number of pyridine rings is 1. The summed E-state index contributed by atoms with van der Waals surface area (Å²) in [4.78, 5) is 26.9. The minimum atomic E-state index is -0.250. The van der Waals surface area contributed by atoms with Gasteiger partial charge in [-0.05, 0) is 49.2 Å². The molecule has 1 amide bonds. The number of carbonyl (C=O) groups is 2. The predicted octanol–water partition coefficient (Wildman–Crippen LogP) is 2.77. The van der Waals surface area contributed by atoms with Crippen LogP contribution in [-0.2, 0) is 16.6 Å². The van der Waals surface area contributed by atoms with Gasteiger partial charge in [0.2, 0.25) is 5.91 Å². The number of benzene rings is 1. The number of anilines is 1. The van der Waals surface area contributed by atoms with E-state index in [1.807, 2.05) is 34.8 Å². The number of carbonyl (C=O) groups excluding carboxylic acids is 1. The van der Waals surface area contributed by atoms with E-state index in [2.05, 4.69) is 24.2 Å². The molecule has 1 saturated heterocycles. The Morgan fingerprint density at radius 1 is 1.23 bits per heavy atom. The molecule has 1 N–H and O–H groups in total. The third-order valence-corrected chi connectivity index (χ3v) is 4.47. The van der Waals surface area contributed by atoms with E-state index in [1.165, 1.54) is 0 Å². The monoisotopic (exact) mass is 352 g/mol. The Kier molecular flexibility index (Phi) is 4.97. The van der Waals surface area contributed by atoms with Crippen molar-refractivity contribution in [2.45, 2.75) is 19.8 Å². The molecule has 3 heterocycles. The van der Waals surface area contributed by atoms with Gasteiger partial charge in [-0.2, -0.15) is 5.10 Å². The lowest BCUT2D eigenvalue weighted by molar-refractivity contribution is -0.123. The molecule has 7 heteroatoms. The molecule has 1 fully saturated rings. The zero-order valence-electron chi connectivity index (χ0n) is 14.7. The van der Waals surface area contributed by atoms with Gasteiger partial charge in [0.1, 0.15) is 0 Å². The number of rotatable bonds is 2. The van der Waals surface area contributed by atoms with E-state index in [-0.39, 0.29) is 12.4 Å². The maximum absolute atomic E-state index is 11.9. The van der Waals surface area contributed by atoms with Gasteiger partial charge in [-0.15, -0.1) is 0 Å². The quantitative estimate of drug-likeness (QED) is 0.717. The van der Waals surface area contributed by atoms with Gasteiger partial charge in [-0.1, -0.05) is 0 Å². The van der Waals surface area contributed by atoms with Gasteiger partial charge < -0.3 is 10.0 Å². The number of fused-ring (bicyclic) bond motifs is 1. The fraction of sp³-hybridized carbons (Fsp3) is 0.263. The summed E-state index contributed by atoms with van der Waals surface area (Å²) in [6.07, 6.45) is 3.36. The molecular formula is C19H20N4O3. The third-order valence-electron chi connectivity index (χ3n) is 4.47. The van der Waals surface area contributed by atoms with Crippen LogP contribution in [0.15, 0.2) is 36.5 Å². The summed E-state index contributed by atoms with van der Waals surface area (Å²) in [6, 6.07) is 10.1. The zero-order chi connectivity index (χ0) is 18.7. The molecule has 7 nitrogen and oxygen atoms in total.